The predicted octanol–water partition coefficient (Wildman–Crippen LogP) is 0.390. The Hall–Kier alpha value is -1.44. The van der Waals surface area contributed by atoms with Crippen molar-refractivity contribution in [3.8, 4) is 0 Å². The van der Waals surface area contributed by atoms with E-state index >= 15 is 0 Å². The van der Waals surface area contributed by atoms with Crippen LogP contribution in [0.4, 0.5) is 5.69 Å². The topological polar surface area (TPSA) is 90.7 Å². The molecule has 0 bridgehead atoms. The van der Waals surface area contributed by atoms with Gasteiger partial charge in [0.15, 0.2) is 6.54 Å². The lowest BCUT2D eigenvalue weighted by Gasteiger charge is -2.16. The van der Waals surface area contributed by atoms with Crippen LogP contribution in [-0.2, 0) is 14.9 Å². The van der Waals surface area contributed by atoms with Gasteiger partial charge in [0.1, 0.15) is 0 Å². The van der Waals surface area contributed by atoms with Crippen LogP contribution in [0.2, 0.25) is 0 Å². The quantitative estimate of drug-likeness (QED) is 0.528. The van der Waals surface area contributed by atoms with Crippen molar-refractivity contribution < 1.29 is 22.7 Å². The first-order valence-corrected chi connectivity index (χ1v) is 9.29. The van der Waals surface area contributed by atoms with Gasteiger partial charge in [0, 0.05) is 11.4 Å². The minimum absolute atomic E-state index is 0.0750. The molecule has 1 atom stereocenters. The van der Waals surface area contributed by atoms with Gasteiger partial charge >= 0.3 is 0 Å². The first-order chi connectivity index (χ1) is 10.6. The number of hydrogen-bond acceptors (Lipinski definition) is 4. The summed E-state index contributed by atoms with van der Waals surface area (Å²) < 4.78 is 31.6. The van der Waals surface area contributed by atoms with E-state index in [9.17, 15) is 17.8 Å². The maximum Gasteiger partial charge on any atom is 0.279 e. The fourth-order valence-corrected chi connectivity index (χ4v) is 3.19. The van der Waals surface area contributed by atoms with Gasteiger partial charge in [-0.15, -0.1) is 0 Å². The Morgan fingerprint density at radius 2 is 1.74 bits per heavy atom. The molecule has 0 aliphatic rings. The highest BCUT2D eigenvalue weighted by atomic mass is 32.2. The highest BCUT2D eigenvalue weighted by Gasteiger charge is 2.13. The fourth-order valence-electron chi connectivity index (χ4n) is 2.63. The maximum atomic E-state index is 12.1. The predicted molar refractivity (Wildman–Crippen MR) is 89.7 cm³/mol. The standard InChI is InChI=1S/C16H26N2O4S/c1-12-9-13(2)16(14(3)10-12)17-15(19)11-18(4)7-5-6-8-23(20,21)22/h9-10H,5-8,11H2,1-4H3,(H,17,19)(H,20,21,22). The highest BCUT2D eigenvalue weighted by Crippen LogP contribution is 2.21. The number of likely N-dealkylation sites (N-methyl/N-ethyl adjacent to an activating group) is 1. The zero-order valence-electron chi connectivity index (χ0n) is 14.2. The van der Waals surface area contributed by atoms with Crippen LogP contribution in [0.25, 0.3) is 0 Å². The highest BCUT2D eigenvalue weighted by molar-refractivity contribution is 7.85. The lowest BCUT2D eigenvalue weighted by molar-refractivity contribution is -0.871. The van der Waals surface area contributed by atoms with E-state index in [4.69, 9.17) is 0 Å². The second kappa shape index (κ2) is 8.42. The van der Waals surface area contributed by atoms with E-state index in [1.54, 1.807) is 0 Å². The average Bonchev–Trinajstić information content (AvgIpc) is 2.38. The van der Waals surface area contributed by atoms with Gasteiger partial charge in [0.25, 0.3) is 5.91 Å². The molecule has 0 saturated carbocycles. The maximum absolute atomic E-state index is 12.1. The average molecular weight is 342 g/mol. The number of nitrogens with one attached hydrogen (secondary N) is 2. The molecule has 0 saturated heterocycles. The van der Waals surface area contributed by atoms with Crippen molar-refractivity contribution in [2.75, 3.05) is 31.2 Å². The summed E-state index contributed by atoms with van der Waals surface area (Å²) in [6, 6.07) is 4.06. The first kappa shape index (κ1) is 19.6. The Bertz CT molecular complexity index is 633. The molecule has 0 aliphatic carbocycles. The minimum Gasteiger partial charge on any atom is -0.748 e. The minimum atomic E-state index is -4.14. The normalized spacial score (nSPS) is 12.9. The summed E-state index contributed by atoms with van der Waals surface area (Å²) in [7, 11) is -2.26. The van der Waals surface area contributed by atoms with Crippen molar-refractivity contribution in [2.45, 2.75) is 33.6 Å². The Morgan fingerprint density at radius 1 is 1.17 bits per heavy atom. The van der Waals surface area contributed by atoms with Crippen LogP contribution in [-0.4, -0.2) is 44.8 Å². The van der Waals surface area contributed by atoms with E-state index in [2.05, 4.69) is 5.32 Å². The van der Waals surface area contributed by atoms with Crippen LogP contribution < -0.4 is 10.2 Å². The van der Waals surface area contributed by atoms with Gasteiger partial charge in [-0.05, 0) is 44.7 Å². The largest absolute Gasteiger partial charge is 0.748 e. The third-order valence-corrected chi connectivity index (χ3v) is 4.44. The number of carbonyl (C=O) groups excluding carboxylic acids is 1. The van der Waals surface area contributed by atoms with Crippen LogP contribution in [0.15, 0.2) is 12.1 Å². The molecule has 23 heavy (non-hydrogen) atoms. The van der Waals surface area contributed by atoms with Gasteiger partial charge in [-0.3, -0.25) is 4.79 Å². The number of rotatable bonds is 8. The molecule has 130 valence electrons. The van der Waals surface area contributed by atoms with Gasteiger partial charge in [-0.2, -0.15) is 0 Å². The van der Waals surface area contributed by atoms with E-state index in [-0.39, 0.29) is 11.7 Å². The number of carbonyl (C=O) groups is 1. The van der Waals surface area contributed by atoms with Gasteiger partial charge in [-0.1, -0.05) is 17.7 Å². The third-order valence-electron chi connectivity index (χ3n) is 3.65. The Balaban J connectivity index is 2.45. The molecule has 0 heterocycles. The molecule has 1 unspecified atom stereocenters. The molecule has 1 rings (SSSR count). The van der Waals surface area contributed by atoms with Crippen molar-refractivity contribution in [3.05, 3.63) is 28.8 Å². The van der Waals surface area contributed by atoms with Crippen LogP contribution in [0.3, 0.4) is 0 Å². The third kappa shape index (κ3) is 7.58. The van der Waals surface area contributed by atoms with Crippen molar-refractivity contribution in [2.24, 2.45) is 0 Å². The van der Waals surface area contributed by atoms with Gasteiger partial charge in [-0.25, -0.2) is 8.42 Å². The molecule has 2 N–H and O–H groups in total. The zero-order valence-corrected chi connectivity index (χ0v) is 15.0. The van der Waals surface area contributed by atoms with Crippen LogP contribution in [0.1, 0.15) is 29.5 Å². The number of aryl methyl sites for hydroxylation is 3. The summed E-state index contributed by atoms with van der Waals surface area (Å²) in [4.78, 5) is 13.1. The van der Waals surface area contributed by atoms with Crippen LogP contribution >= 0.6 is 0 Å². The summed E-state index contributed by atoms with van der Waals surface area (Å²) in [6.07, 6.45) is 0.935. The van der Waals surface area contributed by atoms with E-state index in [1.807, 2.05) is 40.0 Å². The number of anilines is 1. The molecule has 1 aromatic rings. The van der Waals surface area contributed by atoms with Crippen molar-refractivity contribution in [1.29, 1.82) is 0 Å². The number of amides is 1. The summed E-state index contributed by atoms with van der Waals surface area (Å²) in [5.41, 5.74) is 4.09. The van der Waals surface area contributed by atoms with E-state index in [0.717, 1.165) is 27.3 Å². The Labute approximate surface area is 138 Å². The number of benzene rings is 1. The molecule has 7 heteroatoms. The number of quaternary nitrogens is 1. The number of hydrogen-bond donors (Lipinski definition) is 2. The molecule has 0 spiro atoms. The van der Waals surface area contributed by atoms with E-state index in [1.165, 1.54) is 0 Å². The Morgan fingerprint density at radius 3 is 2.26 bits per heavy atom. The van der Waals surface area contributed by atoms with Crippen molar-refractivity contribution in [3.63, 3.8) is 0 Å². The lowest BCUT2D eigenvalue weighted by atomic mass is 10.1. The summed E-state index contributed by atoms with van der Waals surface area (Å²) in [5.74, 6) is -0.414. The summed E-state index contributed by atoms with van der Waals surface area (Å²) in [5, 5.41) is 2.95. The molecular weight excluding hydrogens is 316 g/mol. The number of unbranched alkanes of at least 4 members (excludes halogenated alkanes) is 1. The second-order valence-corrected chi connectivity index (χ2v) is 7.70. The molecular formula is C16H26N2O4S. The fraction of sp³-hybridized carbons (Fsp3) is 0.562. The first-order valence-electron chi connectivity index (χ1n) is 7.71. The Kier molecular flexibility index (Phi) is 7.18. The van der Waals surface area contributed by atoms with Crippen molar-refractivity contribution in [1.82, 2.24) is 0 Å². The smallest absolute Gasteiger partial charge is 0.279 e. The lowest BCUT2D eigenvalue weighted by Crippen LogP contribution is -3.10. The van der Waals surface area contributed by atoms with E-state index < -0.39 is 10.1 Å². The summed E-state index contributed by atoms with van der Waals surface area (Å²) >= 11 is 0. The van der Waals surface area contributed by atoms with Crippen LogP contribution in [0, 0.1) is 20.8 Å². The second-order valence-electron chi connectivity index (χ2n) is 6.17. The molecule has 0 aliphatic heterocycles. The van der Waals surface area contributed by atoms with Gasteiger partial charge in [0.05, 0.1) is 23.7 Å². The molecule has 6 nitrogen and oxygen atoms in total. The van der Waals surface area contributed by atoms with Gasteiger partial charge < -0.3 is 14.8 Å². The van der Waals surface area contributed by atoms with E-state index in [0.29, 0.717) is 25.9 Å². The molecule has 1 aromatic carbocycles. The molecule has 1 amide bonds. The van der Waals surface area contributed by atoms with Crippen molar-refractivity contribution >= 4 is 21.7 Å². The molecule has 0 aromatic heterocycles. The van der Waals surface area contributed by atoms with Crippen LogP contribution in [0.5, 0.6) is 0 Å². The SMILES string of the molecule is Cc1cc(C)c(NC(=O)C[NH+](C)CCCCS(=O)(=O)[O-])c(C)c1. The summed E-state index contributed by atoms with van der Waals surface area (Å²) in [6.45, 7) is 6.91. The zero-order chi connectivity index (χ0) is 17.6. The van der Waals surface area contributed by atoms with Gasteiger partial charge in [0.2, 0.25) is 0 Å². The monoisotopic (exact) mass is 342 g/mol. The molecule has 0 radical (unpaired) electrons. The molecule has 0 fully saturated rings.